The van der Waals surface area contributed by atoms with Crippen molar-refractivity contribution in [2.75, 3.05) is 21.3 Å². The monoisotopic (exact) mass is 337 g/mol. The molecule has 1 saturated heterocycles. The standard InChI is InChI=1S/C16H19NO7/c1-22-14(18)10-11(15(19)23-2)13(16(20)24-3)17(21)12(10)9-7-5-4-6-8-9/h4-8,10-13,21H,1-3H3/t10-,11-,12-,13-/m0/s1. The van der Waals surface area contributed by atoms with Crippen LogP contribution in [0.4, 0.5) is 0 Å². The van der Waals surface area contributed by atoms with E-state index in [9.17, 15) is 19.6 Å². The lowest BCUT2D eigenvalue weighted by molar-refractivity contribution is -0.181. The number of carbonyl (C=O) groups is 3. The number of carbonyl (C=O) groups excluding carboxylic acids is 3. The summed E-state index contributed by atoms with van der Waals surface area (Å²) in [5.74, 6) is -4.77. The molecule has 0 spiro atoms. The molecule has 0 saturated carbocycles. The van der Waals surface area contributed by atoms with E-state index in [-0.39, 0.29) is 0 Å². The summed E-state index contributed by atoms with van der Waals surface area (Å²) in [5.41, 5.74) is 0.552. The first-order chi connectivity index (χ1) is 11.5. The Bertz CT molecular complexity index is 618. The normalized spacial score (nSPS) is 26.7. The van der Waals surface area contributed by atoms with E-state index in [0.29, 0.717) is 10.6 Å². The Labute approximate surface area is 138 Å². The van der Waals surface area contributed by atoms with Crippen molar-refractivity contribution >= 4 is 17.9 Å². The number of nitrogens with zero attached hydrogens (tertiary/aromatic N) is 1. The van der Waals surface area contributed by atoms with E-state index in [2.05, 4.69) is 4.74 Å². The maximum Gasteiger partial charge on any atom is 0.326 e. The third-order valence-electron chi connectivity index (χ3n) is 4.17. The highest BCUT2D eigenvalue weighted by Gasteiger charge is 2.60. The summed E-state index contributed by atoms with van der Waals surface area (Å²) in [6.45, 7) is 0. The number of esters is 3. The fraction of sp³-hybridized carbons (Fsp3) is 0.438. The van der Waals surface area contributed by atoms with Crippen LogP contribution in [0.5, 0.6) is 0 Å². The lowest BCUT2D eigenvalue weighted by Gasteiger charge is -2.23. The zero-order valence-corrected chi connectivity index (χ0v) is 13.5. The molecule has 1 heterocycles. The first-order valence-electron chi connectivity index (χ1n) is 7.23. The number of hydrogen-bond acceptors (Lipinski definition) is 8. The summed E-state index contributed by atoms with van der Waals surface area (Å²) in [6, 6.07) is 6.23. The number of ether oxygens (including phenoxy) is 3. The Kier molecular flexibility index (Phi) is 5.53. The minimum Gasteiger partial charge on any atom is -0.469 e. The van der Waals surface area contributed by atoms with E-state index < -0.39 is 41.8 Å². The molecule has 1 N–H and O–H groups in total. The third kappa shape index (κ3) is 2.98. The minimum atomic E-state index is -1.38. The van der Waals surface area contributed by atoms with Crippen molar-refractivity contribution in [1.82, 2.24) is 5.06 Å². The van der Waals surface area contributed by atoms with Crippen LogP contribution in [0.2, 0.25) is 0 Å². The quantitative estimate of drug-likeness (QED) is 0.628. The van der Waals surface area contributed by atoms with E-state index in [1.54, 1.807) is 30.3 Å². The predicted molar refractivity (Wildman–Crippen MR) is 79.6 cm³/mol. The van der Waals surface area contributed by atoms with Crippen LogP contribution in [0.15, 0.2) is 30.3 Å². The minimum absolute atomic E-state index is 0.552. The van der Waals surface area contributed by atoms with Gasteiger partial charge in [0, 0.05) is 0 Å². The first kappa shape index (κ1) is 17.9. The van der Waals surface area contributed by atoms with E-state index in [0.717, 1.165) is 14.2 Å². The highest BCUT2D eigenvalue weighted by Crippen LogP contribution is 2.45. The molecule has 24 heavy (non-hydrogen) atoms. The van der Waals surface area contributed by atoms with Crippen LogP contribution in [0, 0.1) is 11.8 Å². The van der Waals surface area contributed by atoms with E-state index in [1.165, 1.54) is 7.11 Å². The highest BCUT2D eigenvalue weighted by atomic mass is 16.6. The average Bonchev–Trinajstić information content (AvgIpc) is 2.93. The second-order valence-corrected chi connectivity index (χ2v) is 5.30. The van der Waals surface area contributed by atoms with Crippen LogP contribution in [-0.4, -0.2) is 55.5 Å². The molecule has 0 unspecified atom stereocenters. The van der Waals surface area contributed by atoms with Gasteiger partial charge in [-0.05, 0) is 5.56 Å². The van der Waals surface area contributed by atoms with Gasteiger partial charge >= 0.3 is 17.9 Å². The molecule has 130 valence electrons. The van der Waals surface area contributed by atoms with Gasteiger partial charge in [-0.3, -0.25) is 14.4 Å². The van der Waals surface area contributed by atoms with Crippen molar-refractivity contribution in [3.63, 3.8) is 0 Å². The van der Waals surface area contributed by atoms with Crippen molar-refractivity contribution in [3.8, 4) is 0 Å². The molecule has 1 aromatic carbocycles. The molecule has 8 nitrogen and oxygen atoms in total. The molecule has 0 amide bonds. The van der Waals surface area contributed by atoms with Gasteiger partial charge in [-0.2, -0.15) is 5.06 Å². The molecule has 1 aromatic rings. The molecule has 0 aliphatic carbocycles. The maximum absolute atomic E-state index is 12.3. The Hall–Kier alpha value is -2.45. The van der Waals surface area contributed by atoms with E-state index >= 15 is 0 Å². The van der Waals surface area contributed by atoms with Crippen LogP contribution < -0.4 is 0 Å². The van der Waals surface area contributed by atoms with E-state index in [1.807, 2.05) is 0 Å². The van der Waals surface area contributed by atoms with Gasteiger partial charge < -0.3 is 19.4 Å². The van der Waals surface area contributed by atoms with Gasteiger partial charge in [-0.25, -0.2) is 0 Å². The van der Waals surface area contributed by atoms with Crippen molar-refractivity contribution in [3.05, 3.63) is 35.9 Å². The van der Waals surface area contributed by atoms with Gasteiger partial charge in [-0.1, -0.05) is 30.3 Å². The van der Waals surface area contributed by atoms with Gasteiger partial charge in [0.15, 0.2) is 0 Å². The molecule has 2 rings (SSSR count). The molecule has 8 heteroatoms. The molecule has 1 aliphatic heterocycles. The molecule has 0 bridgehead atoms. The maximum atomic E-state index is 12.3. The van der Waals surface area contributed by atoms with Crippen LogP contribution in [-0.2, 0) is 28.6 Å². The second-order valence-electron chi connectivity index (χ2n) is 5.30. The van der Waals surface area contributed by atoms with Crippen LogP contribution in [0.3, 0.4) is 0 Å². The summed E-state index contributed by atoms with van der Waals surface area (Å²) in [4.78, 5) is 36.6. The summed E-state index contributed by atoms with van der Waals surface area (Å²) < 4.78 is 14.2. The number of hydroxylamine groups is 2. The van der Waals surface area contributed by atoms with E-state index in [4.69, 9.17) is 9.47 Å². The summed E-state index contributed by atoms with van der Waals surface area (Å²) in [5, 5.41) is 11.2. The average molecular weight is 337 g/mol. The largest absolute Gasteiger partial charge is 0.469 e. The second kappa shape index (κ2) is 7.41. The zero-order valence-electron chi connectivity index (χ0n) is 13.5. The molecule has 0 aromatic heterocycles. The zero-order chi connectivity index (χ0) is 17.9. The Balaban J connectivity index is 2.58. The molecule has 0 radical (unpaired) electrons. The van der Waals surface area contributed by atoms with Crippen molar-refractivity contribution in [2.24, 2.45) is 11.8 Å². The number of methoxy groups -OCH3 is 3. The van der Waals surface area contributed by atoms with Gasteiger partial charge in [0.05, 0.1) is 33.3 Å². The van der Waals surface area contributed by atoms with Gasteiger partial charge in [0.2, 0.25) is 0 Å². The third-order valence-corrected chi connectivity index (χ3v) is 4.17. The van der Waals surface area contributed by atoms with Crippen LogP contribution in [0.25, 0.3) is 0 Å². The number of rotatable bonds is 4. The van der Waals surface area contributed by atoms with Crippen molar-refractivity contribution in [1.29, 1.82) is 0 Å². The van der Waals surface area contributed by atoms with Crippen LogP contribution >= 0.6 is 0 Å². The molecule has 4 atom stereocenters. The number of benzene rings is 1. The van der Waals surface area contributed by atoms with Gasteiger partial charge in [0.25, 0.3) is 0 Å². The molecular weight excluding hydrogens is 318 g/mol. The first-order valence-corrected chi connectivity index (χ1v) is 7.23. The summed E-state index contributed by atoms with van der Waals surface area (Å²) in [7, 11) is 3.45. The fourth-order valence-corrected chi connectivity index (χ4v) is 3.10. The molecule has 1 fully saturated rings. The summed E-state index contributed by atoms with van der Waals surface area (Å²) in [6.07, 6.45) is 0. The number of hydrogen-bond donors (Lipinski definition) is 1. The smallest absolute Gasteiger partial charge is 0.326 e. The van der Waals surface area contributed by atoms with Crippen LogP contribution in [0.1, 0.15) is 11.6 Å². The molecule has 1 aliphatic rings. The van der Waals surface area contributed by atoms with Gasteiger partial charge in [-0.15, -0.1) is 0 Å². The topological polar surface area (TPSA) is 102 Å². The van der Waals surface area contributed by atoms with Crippen molar-refractivity contribution in [2.45, 2.75) is 12.1 Å². The van der Waals surface area contributed by atoms with Gasteiger partial charge in [0.1, 0.15) is 12.0 Å². The Morgan fingerprint density at radius 1 is 0.875 bits per heavy atom. The highest BCUT2D eigenvalue weighted by molar-refractivity contribution is 5.90. The Morgan fingerprint density at radius 3 is 1.88 bits per heavy atom. The van der Waals surface area contributed by atoms with Crippen molar-refractivity contribution < 1.29 is 33.8 Å². The molecular formula is C16H19NO7. The fourth-order valence-electron chi connectivity index (χ4n) is 3.10. The SMILES string of the molecule is COC(=O)[C@H]1[C@H](C(=O)OC)[C@H](c2ccccc2)N(O)[C@@H]1C(=O)OC. The lowest BCUT2D eigenvalue weighted by Crippen LogP contribution is -2.43. The Morgan fingerprint density at radius 2 is 1.38 bits per heavy atom. The predicted octanol–water partition coefficient (Wildman–Crippen LogP) is 0.552. The summed E-state index contributed by atoms with van der Waals surface area (Å²) >= 11 is 0. The lowest BCUT2D eigenvalue weighted by atomic mass is 9.84.